The quantitative estimate of drug-likeness (QED) is 0.863. The van der Waals surface area contributed by atoms with Crippen LogP contribution in [0.3, 0.4) is 0 Å². The summed E-state index contributed by atoms with van der Waals surface area (Å²) in [5, 5.41) is 14.5. The molecule has 1 amide bonds. The summed E-state index contributed by atoms with van der Waals surface area (Å²) in [5.41, 5.74) is 0.781. The summed E-state index contributed by atoms with van der Waals surface area (Å²) < 4.78 is 0. The second kappa shape index (κ2) is 4.94. The van der Waals surface area contributed by atoms with Crippen LogP contribution in [0.25, 0.3) is 0 Å². The fourth-order valence-electron chi connectivity index (χ4n) is 2.47. The molecule has 6 heteroatoms. The van der Waals surface area contributed by atoms with E-state index in [1.807, 2.05) is 11.4 Å². The van der Waals surface area contributed by atoms with Gasteiger partial charge in [-0.25, -0.2) is 4.79 Å². The number of fused-ring (bicyclic) bond motifs is 1. The van der Waals surface area contributed by atoms with Crippen LogP contribution in [-0.2, 0) is 16.0 Å². The van der Waals surface area contributed by atoms with E-state index in [4.69, 9.17) is 0 Å². The van der Waals surface area contributed by atoms with Crippen LogP contribution in [-0.4, -0.2) is 41.0 Å². The van der Waals surface area contributed by atoms with Crippen molar-refractivity contribution in [2.45, 2.75) is 31.3 Å². The smallest absolute Gasteiger partial charge is 0.331 e. The summed E-state index contributed by atoms with van der Waals surface area (Å²) in [7, 11) is 0. The van der Waals surface area contributed by atoms with Gasteiger partial charge in [-0.15, -0.1) is 11.3 Å². The lowest BCUT2D eigenvalue weighted by Gasteiger charge is -2.33. The predicted molar refractivity (Wildman–Crippen MR) is 71.1 cm³/mol. The first kappa shape index (κ1) is 12.6. The van der Waals surface area contributed by atoms with E-state index in [1.54, 1.807) is 11.3 Å². The Morgan fingerprint density at radius 1 is 1.47 bits per heavy atom. The van der Waals surface area contributed by atoms with Gasteiger partial charge in [-0.3, -0.25) is 4.79 Å². The lowest BCUT2D eigenvalue weighted by atomic mass is 10.00. The summed E-state index contributed by atoms with van der Waals surface area (Å²) in [6, 6.07) is 1.46. The number of hydrogen-bond acceptors (Lipinski definition) is 4. The van der Waals surface area contributed by atoms with Crippen LogP contribution in [0.4, 0.5) is 0 Å². The number of rotatable bonds is 4. The maximum absolute atomic E-state index is 12.2. The van der Waals surface area contributed by atoms with Crippen molar-refractivity contribution in [3.63, 3.8) is 0 Å². The van der Waals surface area contributed by atoms with Crippen LogP contribution in [0.1, 0.15) is 29.3 Å². The standard InChI is InChI=1S/C13H16N2O3S/c16-11(7-14-8-1-2-8)15-5-3-10-9(4-6-19-10)12(15)13(17)18/h4,6,8,12,14H,1-3,5,7H2,(H,17,18). The second-order valence-corrected chi connectivity index (χ2v) is 6.03. The zero-order valence-electron chi connectivity index (χ0n) is 10.5. The van der Waals surface area contributed by atoms with Gasteiger partial charge in [0.15, 0.2) is 6.04 Å². The van der Waals surface area contributed by atoms with Gasteiger partial charge in [0.1, 0.15) is 0 Å². The molecule has 3 rings (SSSR count). The first-order valence-electron chi connectivity index (χ1n) is 6.48. The molecular weight excluding hydrogens is 264 g/mol. The van der Waals surface area contributed by atoms with Crippen molar-refractivity contribution in [2.24, 2.45) is 0 Å². The first-order valence-corrected chi connectivity index (χ1v) is 7.36. The van der Waals surface area contributed by atoms with Crippen molar-refractivity contribution in [1.82, 2.24) is 10.2 Å². The predicted octanol–water partition coefficient (Wildman–Crippen LogP) is 1.01. The highest BCUT2D eigenvalue weighted by Crippen LogP contribution is 2.33. The molecule has 19 heavy (non-hydrogen) atoms. The van der Waals surface area contributed by atoms with Gasteiger partial charge in [0.05, 0.1) is 6.54 Å². The SMILES string of the molecule is O=C(O)C1c2ccsc2CCN1C(=O)CNC1CC1. The molecule has 1 atom stereocenters. The van der Waals surface area contributed by atoms with Crippen molar-refractivity contribution < 1.29 is 14.7 Å². The molecule has 1 saturated carbocycles. The Kier molecular flexibility index (Phi) is 3.28. The third-order valence-electron chi connectivity index (χ3n) is 3.64. The summed E-state index contributed by atoms with van der Waals surface area (Å²) >= 11 is 1.57. The van der Waals surface area contributed by atoms with E-state index >= 15 is 0 Å². The number of nitrogens with one attached hydrogen (secondary N) is 1. The number of thiophene rings is 1. The topological polar surface area (TPSA) is 69.6 Å². The van der Waals surface area contributed by atoms with Crippen molar-refractivity contribution in [1.29, 1.82) is 0 Å². The molecule has 0 aromatic carbocycles. The Labute approximate surface area is 115 Å². The summed E-state index contributed by atoms with van der Waals surface area (Å²) in [6.45, 7) is 0.740. The molecule has 0 spiro atoms. The minimum Gasteiger partial charge on any atom is -0.479 e. The van der Waals surface area contributed by atoms with Crippen molar-refractivity contribution in [3.8, 4) is 0 Å². The third kappa shape index (κ3) is 2.50. The fraction of sp³-hybridized carbons (Fsp3) is 0.538. The molecular formula is C13H16N2O3S. The van der Waals surface area contributed by atoms with Crippen molar-refractivity contribution in [2.75, 3.05) is 13.1 Å². The van der Waals surface area contributed by atoms with E-state index in [-0.39, 0.29) is 12.5 Å². The van der Waals surface area contributed by atoms with Gasteiger partial charge in [0.25, 0.3) is 0 Å². The number of amides is 1. The van der Waals surface area contributed by atoms with E-state index in [2.05, 4.69) is 5.32 Å². The second-order valence-electron chi connectivity index (χ2n) is 5.03. The van der Waals surface area contributed by atoms with Gasteiger partial charge in [0.2, 0.25) is 5.91 Å². The Morgan fingerprint density at radius 2 is 2.26 bits per heavy atom. The number of carbonyl (C=O) groups is 2. The minimum absolute atomic E-state index is 0.115. The van der Waals surface area contributed by atoms with Crippen LogP contribution in [0.2, 0.25) is 0 Å². The van der Waals surface area contributed by atoms with Crippen molar-refractivity contribution in [3.05, 3.63) is 21.9 Å². The third-order valence-corrected chi connectivity index (χ3v) is 4.64. The van der Waals surface area contributed by atoms with E-state index in [0.717, 1.165) is 29.7 Å². The summed E-state index contributed by atoms with van der Waals surface area (Å²) in [6.07, 6.45) is 2.99. The number of carbonyl (C=O) groups excluding carboxylic acids is 1. The molecule has 1 fully saturated rings. The maximum Gasteiger partial charge on any atom is 0.331 e. The molecule has 102 valence electrons. The average molecular weight is 280 g/mol. The lowest BCUT2D eigenvalue weighted by molar-refractivity contribution is -0.150. The number of carboxylic acid groups (broad SMARTS) is 1. The highest BCUT2D eigenvalue weighted by Gasteiger charge is 2.36. The molecule has 1 aromatic rings. The maximum atomic E-state index is 12.2. The number of hydrogen-bond donors (Lipinski definition) is 2. The normalized spacial score (nSPS) is 22.1. The van der Waals surface area contributed by atoms with E-state index in [1.165, 1.54) is 4.90 Å². The molecule has 0 radical (unpaired) electrons. The molecule has 2 N–H and O–H groups in total. The monoisotopic (exact) mass is 280 g/mol. The summed E-state index contributed by atoms with van der Waals surface area (Å²) in [5.74, 6) is -1.06. The molecule has 1 aliphatic heterocycles. The van der Waals surface area contributed by atoms with E-state index in [9.17, 15) is 14.7 Å². The molecule has 1 aliphatic carbocycles. The Morgan fingerprint density at radius 3 is 2.95 bits per heavy atom. The van der Waals surface area contributed by atoms with Gasteiger partial charge in [-0.1, -0.05) is 0 Å². The van der Waals surface area contributed by atoms with Gasteiger partial charge >= 0.3 is 5.97 Å². The van der Waals surface area contributed by atoms with Gasteiger partial charge in [0, 0.05) is 17.5 Å². The van der Waals surface area contributed by atoms with Crippen LogP contribution in [0, 0.1) is 0 Å². The fourth-order valence-corrected chi connectivity index (χ4v) is 3.38. The molecule has 2 heterocycles. The highest BCUT2D eigenvalue weighted by atomic mass is 32.1. The van der Waals surface area contributed by atoms with Crippen LogP contribution in [0.15, 0.2) is 11.4 Å². The summed E-state index contributed by atoms with van der Waals surface area (Å²) in [4.78, 5) is 26.2. The highest BCUT2D eigenvalue weighted by molar-refractivity contribution is 7.10. The minimum atomic E-state index is -0.945. The molecule has 0 bridgehead atoms. The van der Waals surface area contributed by atoms with Gasteiger partial charge in [-0.05, 0) is 36.3 Å². The van der Waals surface area contributed by atoms with Crippen LogP contribution in [0.5, 0.6) is 0 Å². The largest absolute Gasteiger partial charge is 0.479 e. The molecule has 0 saturated heterocycles. The Hall–Kier alpha value is -1.40. The zero-order chi connectivity index (χ0) is 13.4. The first-order chi connectivity index (χ1) is 9.16. The van der Waals surface area contributed by atoms with Crippen LogP contribution < -0.4 is 5.32 Å². The molecule has 1 aromatic heterocycles. The number of nitrogens with zero attached hydrogens (tertiary/aromatic N) is 1. The Bertz CT molecular complexity index is 510. The van der Waals surface area contributed by atoms with E-state index < -0.39 is 12.0 Å². The number of carboxylic acids is 1. The Balaban J connectivity index is 1.76. The van der Waals surface area contributed by atoms with Crippen LogP contribution >= 0.6 is 11.3 Å². The molecule has 5 nitrogen and oxygen atoms in total. The van der Waals surface area contributed by atoms with Crippen molar-refractivity contribution >= 4 is 23.2 Å². The lowest BCUT2D eigenvalue weighted by Crippen LogP contribution is -2.46. The average Bonchev–Trinajstić information content (AvgIpc) is 3.10. The van der Waals surface area contributed by atoms with Gasteiger partial charge < -0.3 is 15.3 Å². The van der Waals surface area contributed by atoms with Gasteiger partial charge in [-0.2, -0.15) is 0 Å². The number of aliphatic carboxylic acids is 1. The molecule has 1 unspecified atom stereocenters. The molecule has 2 aliphatic rings. The zero-order valence-corrected chi connectivity index (χ0v) is 11.3. The van der Waals surface area contributed by atoms with E-state index in [0.29, 0.717) is 12.6 Å².